The SMILES string of the molecule is CN(C)S(=O)(=O)c1cccc(C(=O)OCC(=O)Nc2cc(=O)n(C)c(=O)n2C)c1. The minimum Gasteiger partial charge on any atom is -0.452 e. The van der Waals surface area contributed by atoms with Gasteiger partial charge < -0.3 is 10.1 Å². The Bertz CT molecular complexity index is 1180. The molecule has 1 amide bonds. The summed E-state index contributed by atoms with van der Waals surface area (Å²) >= 11 is 0. The molecular formula is C17H20N4O7S. The van der Waals surface area contributed by atoms with Crippen LogP contribution in [0.2, 0.25) is 0 Å². The summed E-state index contributed by atoms with van der Waals surface area (Å²) in [4.78, 5) is 47.6. The maximum atomic E-state index is 12.2. The fourth-order valence-corrected chi connectivity index (χ4v) is 3.19. The van der Waals surface area contributed by atoms with Gasteiger partial charge in [0.25, 0.3) is 11.5 Å². The number of nitrogens with one attached hydrogen (secondary N) is 1. The van der Waals surface area contributed by atoms with E-state index in [-0.39, 0.29) is 16.3 Å². The van der Waals surface area contributed by atoms with Crippen LogP contribution in [0.1, 0.15) is 10.4 Å². The van der Waals surface area contributed by atoms with Crippen molar-refractivity contribution in [2.24, 2.45) is 14.1 Å². The molecule has 12 heteroatoms. The Labute approximate surface area is 166 Å². The number of carbonyl (C=O) groups excluding carboxylic acids is 2. The summed E-state index contributed by atoms with van der Waals surface area (Å²) in [5.74, 6) is -1.74. The van der Waals surface area contributed by atoms with E-state index in [1.807, 2.05) is 0 Å². The molecule has 0 aliphatic carbocycles. The smallest absolute Gasteiger partial charge is 0.338 e. The average Bonchev–Trinajstić information content (AvgIpc) is 2.68. The molecule has 156 valence electrons. The van der Waals surface area contributed by atoms with Crippen molar-refractivity contribution < 1.29 is 22.7 Å². The van der Waals surface area contributed by atoms with Gasteiger partial charge in [0.1, 0.15) is 5.82 Å². The molecule has 1 aromatic heterocycles. The van der Waals surface area contributed by atoms with E-state index in [1.54, 1.807) is 0 Å². The first kappa shape index (κ1) is 22.0. The number of ether oxygens (including phenoxy) is 1. The monoisotopic (exact) mass is 424 g/mol. The first-order valence-corrected chi connectivity index (χ1v) is 9.65. The van der Waals surface area contributed by atoms with Crippen LogP contribution >= 0.6 is 0 Å². The van der Waals surface area contributed by atoms with E-state index in [2.05, 4.69) is 5.32 Å². The van der Waals surface area contributed by atoms with Gasteiger partial charge in [-0.05, 0) is 18.2 Å². The van der Waals surface area contributed by atoms with E-state index < -0.39 is 39.8 Å². The first-order chi connectivity index (χ1) is 13.4. The minimum atomic E-state index is -3.74. The molecule has 0 aliphatic rings. The van der Waals surface area contributed by atoms with Crippen LogP contribution < -0.4 is 16.6 Å². The molecule has 0 spiro atoms. The number of benzene rings is 1. The highest BCUT2D eigenvalue weighted by molar-refractivity contribution is 7.89. The van der Waals surface area contributed by atoms with E-state index in [1.165, 1.54) is 46.4 Å². The molecule has 0 radical (unpaired) electrons. The van der Waals surface area contributed by atoms with Gasteiger partial charge in [-0.3, -0.25) is 18.7 Å². The van der Waals surface area contributed by atoms with Crippen molar-refractivity contribution in [1.82, 2.24) is 13.4 Å². The molecule has 0 unspecified atom stereocenters. The average molecular weight is 424 g/mol. The number of hydrogen-bond acceptors (Lipinski definition) is 7. The molecule has 0 bridgehead atoms. The van der Waals surface area contributed by atoms with Gasteiger partial charge in [0, 0.05) is 34.3 Å². The fraction of sp³-hybridized carbons (Fsp3) is 0.294. The van der Waals surface area contributed by atoms with Gasteiger partial charge in [0.2, 0.25) is 10.0 Å². The number of esters is 1. The van der Waals surface area contributed by atoms with Crippen LogP contribution in [0.5, 0.6) is 0 Å². The molecule has 1 aromatic carbocycles. The van der Waals surface area contributed by atoms with Crippen LogP contribution in [0.3, 0.4) is 0 Å². The zero-order valence-electron chi connectivity index (χ0n) is 16.2. The Balaban J connectivity index is 2.10. The van der Waals surface area contributed by atoms with Crippen LogP contribution in [0.4, 0.5) is 5.82 Å². The predicted octanol–water partition coefficient (Wildman–Crippen LogP) is -0.870. The Kier molecular flexibility index (Phi) is 6.39. The summed E-state index contributed by atoms with van der Waals surface area (Å²) in [5, 5.41) is 2.31. The highest BCUT2D eigenvalue weighted by Gasteiger charge is 2.20. The third kappa shape index (κ3) is 4.78. The number of amides is 1. The van der Waals surface area contributed by atoms with Crippen molar-refractivity contribution >= 4 is 27.7 Å². The van der Waals surface area contributed by atoms with Crippen molar-refractivity contribution in [3.8, 4) is 0 Å². The van der Waals surface area contributed by atoms with E-state index in [9.17, 15) is 27.6 Å². The standard InChI is InChI=1S/C17H20N4O7S/c1-19(2)29(26,27)12-7-5-6-11(8-12)16(24)28-10-14(22)18-13-9-15(23)21(4)17(25)20(13)3/h5-9H,10H2,1-4H3,(H,18,22). The van der Waals surface area contributed by atoms with Crippen LogP contribution in [-0.2, 0) is 33.7 Å². The second-order valence-electron chi connectivity index (χ2n) is 6.21. The van der Waals surface area contributed by atoms with Gasteiger partial charge in [-0.1, -0.05) is 6.07 Å². The van der Waals surface area contributed by atoms with E-state index in [4.69, 9.17) is 4.74 Å². The van der Waals surface area contributed by atoms with Crippen molar-refractivity contribution in [2.45, 2.75) is 4.90 Å². The second-order valence-corrected chi connectivity index (χ2v) is 8.36. The Hall–Kier alpha value is -3.25. The number of sulfonamides is 1. The molecule has 11 nitrogen and oxygen atoms in total. The molecule has 1 N–H and O–H groups in total. The van der Waals surface area contributed by atoms with Crippen molar-refractivity contribution in [2.75, 3.05) is 26.0 Å². The third-order valence-corrected chi connectivity index (χ3v) is 5.79. The van der Waals surface area contributed by atoms with Crippen LogP contribution in [0, 0.1) is 0 Å². The lowest BCUT2D eigenvalue weighted by molar-refractivity contribution is -0.119. The van der Waals surface area contributed by atoms with Gasteiger partial charge in [-0.2, -0.15) is 0 Å². The van der Waals surface area contributed by atoms with Crippen molar-refractivity contribution in [3.63, 3.8) is 0 Å². The summed E-state index contributed by atoms with van der Waals surface area (Å²) in [6.07, 6.45) is 0. The Morgan fingerprint density at radius 1 is 1.10 bits per heavy atom. The van der Waals surface area contributed by atoms with Gasteiger partial charge in [-0.15, -0.1) is 0 Å². The van der Waals surface area contributed by atoms with Gasteiger partial charge in [0.15, 0.2) is 6.61 Å². The second kappa shape index (κ2) is 8.41. The zero-order chi connectivity index (χ0) is 21.9. The highest BCUT2D eigenvalue weighted by Crippen LogP contribution is 2.15. The lowest BCUT2D eigenvalue weighted by atomic mass is 10.2. The van der Waals surface area contributed by atoms with E-state index >= 15 is 0 Å². The molecule has 0 saturated carbocycles. The number of anilines is 1. The summed E-state index contributed by atoms with van der Waals surface area (Å²) in [5.41, 5.74) is -1.30. The van der Waals surface area contributed by atoms with E-state index in [0.717, 1.165) is 25.6 Å². The zero-order valence-corrected chi connectivity index (χ0v) is 17.0. The van der Waals surface area contributed by atoms with Crippen LogP contribution in [-0.4, -0.2) is 54.4 Å². The molecule has 0 saturated heterocycles. The number of carbonyl (C=O) groups is 2. The summed E-state index contributed by atoms with van der Waals surface area (Å²) < 4.78 is 32.1. The van der Waals surface area contributed by atoms with Gasteiger partial charge in [-0.25, -0.2) is 22.3 Å². The lowest BCUT2D eigenvalue weighted by Gasteiger charge is -2.12. The lowest BCUT2D eigenvalue weighted by Crippen LogP contribution is -2.38. The quantitative estimate of drug-likeness (QED) is 0.595. The molecule has 0 fully saturated rings. The van der Waals surface area contributed by atoms with Crippen LogP contribution in [0.25, 0.3) is 0 Å². The van der Waals surface area contributed by atoms with Crippen molar-refractivity contribution in [1.29, 1.82) is 0 Å². The summed E-state index contributed by atoms with van der Waals surface area (Å²) in [6, 6.07) is 6.24. The van der Waals surface area contributed by atoms with E-state index in [0.29, 0.717) is 0 Å². The molecule has 0 aliphatic heterocycles. The molecule has 29 heavy (non-hydrogen) atoms. The maximum Gasteiger partial charge on any atom is 0.338 e. The largest absolute Gasteiger partial charge is 0.452 e. The Morgan fingerprint density at radius 2 is 1.76 bits per heavy atom. The van der Waals surface area contributed by atoms with Crippen LogP contribution in [0.15, 0.2) is 44.8 Å². The summed E-state index contributed by atoms with van der Waals surface area (Å²) in [6.45, 7) is -0.701. The number of aromatic nitrogens is 2. The minimum absolute atomic E-state index is 0.0540. The number of nitrogens with zero attached hydrogens (tertiary/aromatic N) is 3. The maximum absolute atomic E-state index is 12.2. The number of rotatable bonds is 6. The van der Waals surface area contributed by atoms with Crippen molar-refractivity contribution in [3.05, 3.63) is 56.7 Å². The molecule has 2 rings (SSSR count). The summed E-state index contributed by atoms with van der Waals surface area (Å²) in [7, 11) is 1.63. The topological polar surface area (TPSA) is 137 Å². The first-order valence-electron chi connectivity index (χ1n) is 8.21. The molecule has 1 heterocycles. The molecule has 2 aromatic rings. The number of hydrogen-bond donors (Lipinski definition) is 1. The molecule has 0 atom stereocenters. The molecular weight excluding hydrogens is 404 g/mol. The van der Waals surface area contributed by atoms with Gasteiger partial charge >= 0.3 is 11.7 Å². The Morgan fingerprint density at radius 3 is 2.38 bits per heavy atom. The van der Waals surface area contributed by atoms with Gasteiger partial charge in [0.05, 0.1) is 10.5 Å². The fourth-order valence-electron chi connectivity index (χ4n) is 2.24. The highest BCUT2D eigenvalue weighted by atomic mass is 32.2. The third-order valence-electron chi connectivity index (χ3n) is 3.98. The predicted molar refractivity (Wildman–Crippen MR) is 103 cm³/mol. The normalized spacial score (nSPS) is 11.3.